The van der Waals surface area contributed by atoms with Gasteiger partial charge in [-0.2, -0.15) is 5.10 Å². The summed E-state index contributed by atoms with van der Waals surface area (Å²) < 4.78 is 2.06. The Labute approximate surface area is 98.0 Å². The summed E-state index contributed by atoms with van der Waals surface area (Å²) >= 11 is 0. The third-order valence-corrected chi connectivity index (χ3v) is 3.45. The molecule has 1 aliphatic rings. The molecule has 0 radical (unpaired) electrons. The maximum Gasteiger partial charge on any atom is 0.122 e. The summed E-state index contributed by atoms with van der Waals surface area (Å²) in [4.78, 5) is 0. The Balaban J connectivity index is 2.24. The highest BCUT2D eigenvalue weighted by Gasteiger charge is 2.23. The van der Waals surface area contributed by atoms with Gasteiger partial charge in [0.2, 0.25) is 0 Å². The van der Waals surface area contributed by atoms with Crippen molar-refractivity contribution in [2.45, 2.75) is 64.3 Å². The molecule has 0 unspecified atom stereocenters. The first kappa shape index (κ1) is 11.5. The van der Waals surface area contributed by atoms with Crippen molar-refractivity contribution in [2.24, 2.45) is 0 Å². The summed E-state index contributed by atoms with van der Waals surface area (Å²) in [5.41, 5.74) is 7.27. The predicted octanol–water partition coefficient (Wildman–Crippen LogP) is 3.27. The molecule has 16 heavy (non-hydrogen) atoms. The number of aromatic nitrogens is 2. The van der Waals surface area contributed by atoms with E-state index in [4.69, 9.17) is 10.8 Å². The first-order chi connectivity index (χ1) is 7.48. The Bertz CT molecular complexity index is 354. The van der Waals surface area contributed by atoms with Crippen molar-refractivity contribution >= 4 is 5.82 Å². The average Bonchev–Trinajstić information content (AvgIpc) is 2.61. The number of hydrogen-bond donors (Lipinski definition) is 1. The zero-order valence-electron chi connectivity index (χ0n) is 10.7. The van der Waals surface area contributed by atoms with Gasteiger partial charge in [0, 0.05) is 11.5 Å². The Kier molecular flexibility index (Phi) is 2.96. The van der Waals surface area contributed by atoms with Crippen LogP contribution in [-0.2, 0) is 5.41 Å². The molecule has 0 aromatic carbocycles. The number of hydrogen-bond acceptors (Lipinski definition) is 2. The minimum atomic E-state index is 0.0913. The van der Waals surface area contributed by atoms with E-state index < -0.39 is 0 Å². The van der Waals surface area contributed by atoms with E-state index in [9.17, 15) is 0 Å². The molecule has 0 bridgehead atoms. The molecule has 2 N–H and O–H groups in total. The lowest BCUT2D eigenvalue weighted by atomic mass is 9.92. The molecule has 1 aromatic rings. The summed E-state index contributed by atoms with van der Waals surface area (Å²) in [5, 5.41) is 4.70. The third kappa shape index (κ3) is 2.23. The molecule has 0 saturated heterocycles. The van der Waals surface area contributed by atoms with E-state index >= 15 is 0 Å². The monoisotopic (exact) mass is 221 g/mol. The molecule has 1 fully saturated rings. The van der Waals surface area contributed by atoms with Gasteiger partial charge in [0.15, 0.2) is 0 Å². The molecule has 90 valence electrons. The van der Waals surface area contributed by atoms with Crippen molar-refractivity contribution in [3.63, 3.8) is 0 Å². The fraction of sp³-hybridized carbons (Fsp3) is 0.769. The molecule has 0 atom stereocenters. The molecule has 3 nitrogen and oxygen atoms in total. The number of anilines is 1. The number of nitrogen functional groups attached to an aromatic ring is 1. The van der Waals surface area contributed by atoms with Crippen LogP contribution in [0.5, 0.6) is 0 Å². The third-order valence-electron chi connectivity index (χ3n) is 3.45. The maximum atomic E-state index is 6.07. The van der Waals surface area contributed by atoms with Crippen molar-refractivity contribution in [3.05, 3.63) is 11.8 Å². The van der Waals surface area contributed by atoms with Crippen molar-refractivity contribution in [1.29, 1.82) is 0 Å². The molecule has 1 aromatic heterocycles. The van der Waals surface area contributed by atoms with Crippen LogP contribution < -0.4 is 5.73 Å². The minimum absolute atomic E-state index is 0.0913. The topological polar surface area (TPSA) is 43.8 Å². The lowest BCUT2D eigenvalue weighted by molar-refractivity contribution is 0.329. The molecule has 1 heterocycles. The number of nitrogens with two attached hydrogens (primary N) is 1. The number of nitrogens with zero attached hydrogens (tertiary/aromatic N) is 2. The zero-order chi connectivity index (χ0) is 11.8. The van der Waals surface area contributed by atoms with Gasteiger partial charge in [-0.25, -0.2) is 4.68 Å². The molecular formula is C13H23N3. The van der Waals surface area contributed by atoms with E-state index in [1.807, 2.05) is 6.07 Å². The van der Waals surface area contributed by atoms with E-state index in [-0.39, 0.29) is 5.41 Å². The molecule has 0 aliphatic heterocycles. The van der Waals surface area contributed by atoms with Crippen molar-refractivity contribution in [2.75, 3.05) is 5.73 Å². The van der Waals surface area contributed by atoms with E-state index in [1.54, 1.807) is 0 Å². The van der Waals surface area contributed by atoms with Gasteiger partial charge in [-0.15, -0.1) is 0 Å². The lowest BCUT2D eigenvalue weighted by Crippen LogP contribution is -2.18. The van der Waals surface area contributed by atoms with E-state index in [1.165, 1.54) is 32.1 Å². The summed E-state index contributed by atoms with van der Waals surface area (Å²) in [5.74, 6) is 0.830. The van der Waals surface area contributed by atoms with Crippen molar-refractivity contribution in [1.82, 2.24) is 9.78 Å². The smallest absolute Gasteiger partial charge is 0.122 e. The predicted molar refractivity (Wildman–Crippen MR) is 67.5 cm³/mol. The fourth-order valence-corrected chi connectivity index (χ4v) is 2.39. The average molecular weight is 221 g/mol. The summed E-state index contributed by atoms with van der Waals surface area (Å²) in [6, 6.07) is 2.57. The van der Waals surface area contributed by atoms with Gasteiger partial charge in [-0.3, -0.25) is 0 Å². The zero-order valence-corrected chi connectivity index (χ0v) is 10.7. The Morgan fingerprint density at radius 2 is 1.88 bits per heavy atom. The van der Waals surface area contributed by atoms with Crippen LogP contribution in [-0.4, -0.2) is 9.78 Å². The Morgan fingerprint density at radius 3 is 2.38 bits per heavy atom. The highest BCUT2D eigenvalue weighted by molar-refractivity contribution is 5.34. The molecule has 0 amide bonds. The maximum absolute atomic E-state index is 6.07. The minimum Gasteiger partial charge on any atom is -0.384 e. The lowest BCUT2D eigenvalue weighted by Gasteiger charge is -2.23. The second kappa shape index (κ2) is 4.11. The highest BCUT2D eigenvalue weighted by atomic mass is 15.3. The largest absolute Gasteiger partial charge is 0.384 e. The van der Waals surface area contributed by atoms with Crippen LogP contribution in [0.15, 0.2) is 6.07 Å². The normalized spacial score (nSPS) is 18.9. The van der Waals surface area contributed by atoms with Gasteiger partial charge in [0.1, 0.15) is 5.82 Å². The molecule has 1 aliphatic carbocycles. The van der Waals surface area contributed by atoms with Gasteiger partial charge >= 0.3 is 0 Å². The molecule has 0 spiro atoms. The van der Waals surface area contributed by atoms with Crippen LogP contribution >= 0.6 is 0 Å². The van der Waals surface area contributed by atoms with E-state index in [0.717, 1.165) is 11.5 Å². The molecular weight excluding hydrogens is 198 g/mol. The second-order valence-corrected chi connectivity index (χ2v) is 5.94. The van der Waals surface area contributed by atoms with Crippen LogP contribution in [0.4, 0.5) is 5.82 Å². The van der Waals surface area contributed by atoms with Crippen LogP contribution in [0.1, 0.15) is 64.6 Å². The second-order valence-electron chi connectivity index (χ2n) is 5.94. The standard InChI is InChI=1S/C13H23N3/c1-13(2,3)11-9-12(14)16(15-11)10-7-5-4-6-8-10/h9-10H,4-8,14H2,1-3H3. The van der Waals surface area contributed by atoms with Crippen LogP contribution in [0.2, 0.25) is 0 Å². The molecule has 3 heteroatoms. The fourth-order valence-electron chi connectivity index (χ4n) is 2.39. The Hall–Kier alpha value is -0.990. The van der Waals surface area contributed by atoms with Gasteiger partial charge in [0.25, 0.3) is 0 Å². The Morgan fingerprint density at radius 1 is 1.25 bits per heavy atom. The van der Waals surface area contributed by atoms with Crippen LogP contribution in [0, 0.1) is 0 Å². The first-order valence-electron chi connectivity index (χ1n) is 6.34. The van der Waals surface area contributed by atoms with Gasteiger partial charge < -0.3 is 5.73 Å². The SMILES string of the molecule is CC(C)(C)c1cc(N)n(C2CCCCC2)n1. The van der Waals surface area contributed by atoms with Gasteiger partial charge in [-0.05, 0) is 12.8 Å². The molecule has 1 saturated carbocycles. The van der Waals surface area contributed by atoms with Crippen LogP contribution in [0.3, 0.4) is 0 Å². The van der Waals surface area contributed by atoms with Gasteiger partial charge in [0.05, 0.1) is 11.7 Å². The number of rotatable bonds is 1. The van der Waals surface area contributed by atoms with Crippen molar-refractivity contribution in [3.8, 4) is 0 Å². The van der Waals surface area contributed by atoms with Crippen LogP contribution in [0.25, 0.3) is 0 Å². The first-order valence-corrected chi connectivity index (χ1v) is 6.34. The summed E-state index contributed by atoms with van der Waals surface area (Å²) in [7, 11) is 0. The van der Waals surface area contributed by atoms with E-state index in [0.29, 0.717) is 6.04 Å². The van der Waals surface area contributed by atoms with Crippen molar-refractivity contribution < 1.29 is 0 Å². The summed E-state index contributed by atoms with van der Waals surface area (Å²) in [6.45, 7) is 6.54. The highest BCUT2D eigenvalue weighted by Crippen LogP contribution is 2.31. The summed E-state index contributed by atoms with van der Waals surface area (Å²) in [6.07, 6.45) is 6.46. The molecule has 2 rings (SSSR count). The van der Waals surface area contributed by atoms with Gasteiger partial charge in [-0.1, -0.05) is 40.0 Å². The quantitative estimate of drug-likeness (QED) is 0.791. The van der Waals surface area contributed by atoms with E-state index in [2.05, 4.69) is 25.5 Å².